The first-order valence-corrected chi connectivity index (χ1v) is 7.16. The fourth-order valence-corrected chi connectivity index (χ4v) is 2.37. The molecule has 2 rings (SSSR count). The van der Waals surface area contributed by atoms with E-state index in [-0.39, 0.29) is 60.6 Å². The molecule has 0 aliphatic carbocycles. The van der Waals surface area contributed by atoms with Crippen molar-refractivity contribution in [2.75, 3.05) is 0 Å². The van der Waals surface area contributed by atoms with Gasteiger partial charge in [-0.2, -0.15) is 0 Å². The Hall–Kier alpha value is -1.37. The van der Waals surface area contributed by atoms with Crippen molar-refractivity contribution in [1.82, 2.24) is 0 Å². The minimum Gasteiger partial charge on any atom is -0.550 e. The molecule has 0 amide bonds. The molecule has 0 spiro atoms. The Labute approximate surface area is 156 Å². The number of hydrogen-bond acceptors (Lipinski definition) is 6. The van der Waals surface area contributed by atoms with Crippen LogP contribution in [0.2, 0.25) is 0 Å². The molecule has 23 heavy (non-hydrogen) atoms. The van der Waals surface area contributed by atoms with Gasteiger partial charge >= 0.3 is 41.5 Å². The Kier molecular flexibility index (Phi) is 7.75. The Bertz CT molecular complexity index is 586. The number of rotatable bonds is 7. The van der Waals surface area contributed by atoms with Crippen molar-refractivity contribution in [2.45, 2.75) is 44.8 Å². The summed E-state index contributed by atoms with van der Waals surface area (Å²) in [6.45, 7) is 1.72. The van der Waals surface area contributed by atoms with E-state index in [0.717, 1.165) is 5.56 Å². The summed E-state index contributed by atoms with van der Waals surface area (Å²) in [5, 5.41) is 10.3. The van der Waals surface area contributed by atoms with E-state index in [1.165, 1.54) is 0 Å². The van der Waals surface area contributed by atoms with Gasteiger partial charge in [-0.1, -0.05) is 18.2 Å². The van der Waals surface area contributed by atoms with E-state index < -0.39 is 11.9 Å². The van der Waals surface area contributed by atoms with Gasteiger partial charge in [-0.05, 0) is 32.3 Å². The first kappa shape index (κ1) is 19.7. The zero-order valence-electron chi connectivity index (χ0n) is 13.2. The van der Waals surface area contributed by atoms with Crippen LogP contribution in [0.5, 0.6) is 0 Å². The third-order valence-electron chi connectivity index (χ3n) is 3.48. The maximum absolute atomic E-state index is 11.7. The van der Waals surface area contributed by atoms with Gasteiger partial charge in [-0.15, -0.1) is 0 Å². The largest absolute Gasteiger partial charge is 1.00 e. The predicted molar refractivity (Wildman–Crippen MR) is 73.6 cm³/mol. The molecule has 6 nitrogen and oxygen atoms in total. The van der Waals surface area contributed by atoms with E-state index in [1.54, 1.807) is 19.1 Å². The molecule has 1 aromatic carbocycles. The van der Waals surface area contributed by atoms with Crippen LogP contribution in [0, 0.1) is 0 Å². The Morgan fingerprint density at radius 3 is 2.70 bits per heavy atom. The summed E-state index contributed by atoms with van der Waals surface area (Å²) >= 11 is 0. The van der Waals surface area contributed by atoms with Crippen LogP contribution in [-0.2, 0) is 19.1 Å². The van der Waals surface area contributed by atoms with Gasteiger partial charge in [0.2, 0.25) is 0 Å². The van der Waals surface area contributed by atoms with Crippen LogP contribution < -0.4 is 34.7 Å². The molecular weight excluding hydrogens is 311 g/mol. The molecule has 0 fully saturated rings. The Morgan fingerprint density at radius 2 is 2.00 bits per heavy atom. The van der Waals surface area contributed by atoms with Gasteiger partial charge in [0.1, 0.15) is 6.10 Å². The van der Waals surface area contributed by atoms with Crippen molar-refractivity contribution < 1.29 is 58.5 Å². The Balaban J connectivity index is 0.00000264. The monoisotopic (exact) mass is 328 g/mol. The maximum Gasteiger partial charge on any atom is 1.00 e. The molecule has 2 unspecified atom stereocenters. The predicted octanol–water partition coefficient (Wildman–Crippen LogP) is -1.86. The molecule has 0 bridgehead atoms. The first-order valence-electron chi connectivity index (χ1n) is 7.16. The number of carboxylic acid groups (broad SMARTS) is 1. The zero-order chi connectivity index (χ0) is 16.1. The van der Waals surface area contributed by atoms with Crippen LogP contribution in [-0.4, -0.2) is 24.0 Å². The molecule has 0 radical (unpaired) electrons. The van der Waals surface area contributed by atoms with Gasteiger partial charge in [0.15, 0.2) is 0 Å². The molecular formula is C16H17NaO6. The number of benzene rings is 1. The Morgan fingerprint density at radius 1 is 1.30 bits per heavy atom. The molecule has 2 atom stereocenters. The molecule has 1 heterocycles. The van der Waals surface area contributed by atoms with Gasteiger partial charge < -0.3 is 19.4 Å². The number of fused-ring (bicyclic) bond motifs is 1. The molecule has 0 N–H and O–H groups in total. The van der Waals surface area contributed by atoms with Crippen molar-refractivity contribution in [3.8, 4) is 0 Å². The second-order valence-corrected chi connectivity index (χ2v) is 5.23. The number of aliphatic carboxylic acids is 1. The van der Waals surface area contributed by atoms with Gasteiger partial charge in [0.05, 0.1) is 18.1 Å². The summed E-state index contributed by atoms with van der Waals surface area (Å²) in [6, 6.07) is 7.20. The van der Waals surface area contributed by atoms with Gasteiger partial charge in [0.25, 0.3) is 0 Å². The second kappa shape index (κ2) is 9.05. The molecule has 1 aromatic rings. The zero-order valence-corrected chi connectivity index (χ0v) is 15.2. The molecule has 1 aliphatic rings. The van der Waals surface area contributed by atoms with Gasteiger partial charge in [0, 0.05) is 11.5 Å². The number of carbonyl (C=O) groups is 3. The summed E-state index contributed by atoms with van der Waals surface area (Å²) in [5.74, 6) is -2.18. The van der Waals surface area contributed by atoms with Gasteiger partial charge in [-0.25, -0.2) is 4.79 Å². The third-order valence-corrected chi connectivity index (χ3v) is 3.48. The summed E-state index contributed by atoms with van der Waals surface area (Å²) in [5.41, 5.74) is 1.43. The van der Waals surface area contributed by atoms with Crippen molar-refractivity contribution in [1.29, 1.82) is 0 Å². The fourth-order valence-electron chi connectivity index (χ4n) is 2.37. The number of cyclic esters (lactones) is 1. The standard InChI is InChI=1S/C16H18O6.Na/c1-10(21-15(19)9-8-14(17)18)6-7-13-11-4-2-3-5-12(11)16(20)22-13;/h2-5,10,13H,6-9H2,1H3,(H,17,18);/q;+1/p-1. The van der Waals surface area contributed by atoms with Crippen molar-refractivity contribution in [3.05, 3.63) is 35.4 Å². The smallest absolute Gasteiger partial charge is 0.550 e. The molecule has 0 saturated carbocycles. The average molecular weight is 328 g/mol. The summed E-state index contributed by atoms with van der Waals surface area (Å²) in [7, 11) is 0. The minimum atomic E-state index is -1.28. The molecule has 1 aliphatic heterocycles. The van der Waals surface area contributed by atoms with Crippen molar-refractivity contribution >= 4 is 17.9 Å². The molecule has 118 valence electrons. The SMILES string of the molecule is CC(CCC1OC(=O)c2ccccc21)OC(=O)CCC(=O)[O-].[Na+]. The van der Waals surface area contributed by atoms with E-state index >= 15 is 0 Å². The quantitative estimate of drug-likeness (QED) is 0.431. The normalized spacial score (nSPS) is 16.7. The van der Waals surface area contributed by atoms with Crippen LogP contribution >= 0.6 is 0 Å². The number of carboxylic acids is 1. The van der Waals surface area contributed by atoms with Crippen LogP contribution in [0.1, 0.15) is 54.6 Å². The number of ether oxygens (including phenoxy) is 2. The summed E-state index contributed by atoms with van der Waals surface area (Å²) in [4.78, 5) is 33.4. The van der Waals surface area contributed by atoms with E-state index in [1.807, 2.05) is 12.1 Å². The maximum atomic E-state index is 11.7. The van der Waals surface area contributed by atoms with Crippen molar-refractivity contribution in [2.24, 2.45) is 0 Å². The minimum absolute atomic E-state index is 0. The first-order chi connectivity index (χ1) is 10.5. The van der Waals surface area contributed by atoms with E-state index in [9.17, 15) is 19.5 Å². The number of carbonyl (C=O) groups excluding carboxylic acids is 3. The molecule has 0 aromatic heterocycles. The summed E-state index contributed by atoms with van der Waals surface area (Å²) in [6.07, 6.45) is -0.192. The van der Waals surface area contributed by atoms with Crippen LogP contribution in [0.3, 0.4) is 0 Å². The van der Waals surface area contributed by atoms with Gasteiger partial charge in [-0.3, -0.25) is 4.79 Å². The van der Waals surface area contributed by atoms with Crippen molar-refractivity contribution in [3.63, 3.8) is 0 Å². The summed E-state index contributed by atoms with van der Waals surface area (Å²) < 4.78 is 10.4. The second-order valence-electron chi connectivity index (χ2n) is 5.23. The topological polar surface area (TPSA) is 92.7 Å². The molecule has 7 heteroatoms. The van der Waals surface area contributed by atoms with E-state index in [4.69, 9.17) is 9.47 Å². The number of esters is 2. The third kappa shape index (κ3) is 5.64. The average Bonchev–Trinajstić information content (AvgIpc) is 2.80. The number of hydrogen-bond donors (Lipinski definition) is 0. The van der Waals surface area contributed by atoms with Crippen LogP contribution in [0.4, 0.5) is 0 Å². The fraction of sp³-hybridized carbons (Fsp3) is 0.438. The van der Waals surface area contributed by atoms with Crippen LogP contribution in [0.25, 0.3) is 0 Å². The van der Waals surface area contributed by atoms with E-state index in [2.05, 4.69) is 0 Å². The van der Waals surface area contributed by atoms with E-state index in [0.29, 0.717) is 18.4 Å². The van der Waals surface area contributed by atoms with Crippen LogP contribution in [0.15, 0.2) is 24.3 Å². The molecule has 0 saturated heterocycles.